The van der Waals surface area contributed by atoms with Crippen LogP contribution in [0, 0.1) is 5.82 Å². The fourth-order valence-electron chi connectivity index (χ4n) is 2.50. The van der Waals surface area contributed by atoms with Gasteiger partial charge in [0.05, 0.1) is 18.6 Å². The lowest BCUT2D eigenvalue weighted by atomic mass is 10.2. The van der Waals surface area contributed by atoms with E-state index < -0.39 is 0 Å². The van der Waals surface area contributed by atoms with Gasteiger partial charge in [0, 0.05) is 38.7 Å². The molecule has 0 fully saturated rings. The minimum absolute atomic E-state index is 0. The quantitative estimate of drug-likeness (QED) is 0.212. The van der Waals surface area contributed by atoms with Crippen molar-refractivity contribution in [1.82, 2.24) is 20.2 Å². The van der Waals surface area contributed by atoms with Gasteiger partial charge in [0.25, 0.3) is 0 Å². The van der Waals surface area contributed by atoms with Crippen molar-refractivity contribution in [2.45, 2.75) is 39.7 Å². The number of rotatable bonds is 11. The van der Waals surface area contributed by atoms with Crippen LogP contribution in [0.3, 0.4) is 0 Å². The molecule has 0 aliphatic heterocycles. The van der Waals surface area contributed by atoms with Gasteiger partial charge in [-0.1, -0.05) is 19.4 Å². The number of aliphatic imine (C=N–C) groups is 1. The molecule has 8 heteroatoms. The van der Waals surface area contributed by atoms with Crippen LogP contribution < -0.4 is 10.6 Å². The van der Waals surface area contributed by atoms with Crippen molar-refractivity contribution in [3.05, 3.63) is 48.3 Å². The first-order chi connectivity index (χ1) is 13.2. The third-order valence-electron chi connectivity index (χ3n) is 3.96. The Balaban J connectivity index is 0.00000392. The first-order valence-corrected chi connectivity index (χ1v) is 9.61. The predicted molar refractivity (Wildman–Crippen MR) is 122 cm³/mol. The number of hydrogen-bond acceptors (Lipinski definition) is 3. The van der Waals surface area contributed by atoms with Crippen LogP contribution in [0.25, 0.3) is 5.69 Å². The smallest absolute Gasteiger partial charge is 0.191 e. The Kier molecular flexibility index (Phi) is 12.5. The van der Waals surface area contributed by atoms with E-state index in [1.807, 2.05) is 13.0 Å². The van der Waals surface area contributed by atoms with E-state index in [4.69, 9.17) is 4.74 Å². The van der Waals surface area contributed by atoms with Crippen molar-refractivity contribution in [1.29, 1.82) is 0 Å². The molecule has 0 aliphatic carbocycles. The summed E-state index contributed by atoms with van der Waals surface area (Å²) in [7, 11) is 0. The zero-order valence-corrected chi connectivity index (χ0v) is 19.0. The number of hydrogen-bond donors (Lipinski definition) is 2. The third-order valence-corrected chi connectivity index (χ3v) is 3.96. The molecule has 2 rings (SSSR count). The van der Waals surface area contributed by atoms with Crippen LogP contribution in [0.5, 0.6) is 0 Å². The van der Waals surface area contributed by atoms with Crippen LogP contribution in [0.15, 0.2) is 41.9 Å². The van der Waals surface area contributed by atoms with Gasteiger partial charge in [-0.3, -0.25) is 0 Å². The minimum atomic E-state index is -0.289. The number of nitrogens with one attached hydrogen (secondary N) is 2. The molecule has 0 radical (unpaired) electrons. The summed E-state index contributed by atoms with van der Waals surface area (Å²) >= 11 is 0. The molecule has 2 aromatic rings. The monoisotopic (exact) mass is 503 g/mol. The number of benzene rings is 1. The van der Waals surface area contributed by atoms with Crippen molar-refractivity contribution in [3.8, 4) is 5.69 Å². The maximum Gasteiger partial charge on any atom is 0.191 e. The van der Waals surface area contributed by atoms with E-state index in [1.165, 1.54) is 6.07 Å². The standard InChI is InChI=1S/C20H30FN5O.HI/c1-3-5-12-27-13-6-9-24-20(23-4-2)25-15-17-7-8-19(18(21)14-17)26-11-10-22-16-26;/h7-8,10-11,14,16H,3-6,9,12-13,15H2,1-2H3,(H2,23,24,25);1H. The van der Waals surface area contributed by atoms with E-state index in [-0.39, 0.29) is 29.8 Å². The maximum atomic E-state index is 14.3. The minimum Gasteiger partial charge on any atom is -0.381 e. The first-order valence-electron chi connectivity index (χ1n) is 9.61. The van der Waals surface area contributed by atoms with Gasteiger partial charge in [0.1, 0.15) is 5.82 Å². The summed E-state index contributed by atoms with van der Waals surface area (Å²) in [6, 6.07) is 5.15. The maximum absolute atomic E-state index is 14.3. The second-order valence-corrected chi connectivity index (χ2v) is 6.20. The number of aromatic nitrogens is 2. The van der Waals surface area contributed by atoms with Crippen LogP contribution in [0.4, 0.5) is 4.39 Å². The zero-order chi connectivity index (χ0) is 19.3. The normalized spacial score (nSPS) is 11.2. The number of halogens is 2. The lowest BCUT2D eigenvalue weighted by molar-refractivity contribution is 0.129. The van der Waals surface area contributed by atoms with Crippen molar-refractivity contribution < 1.29 is 9.13 Å². The zero-order valence-electron chi connectivity index (χ0n) is 16.7. The SMILES string of the molecule is CCCCOCCCNC(=NCc1ccc(-n2ccnc2)c(F)c1)NCC.I. The summed E-state index contributed by atoms with van der Waals surface area (Å²) in [5, 5.41) is 6.49. The average Bonchev–Trinajstić information content (AvgIpc) is 3.19. The van der Waals surface area contributed by atoms with Gasteiger partial charge in [-0.15, -0.1) is 24.0 Å². The van der Waals surface area contributed by atoms with Crippen LogP contribution >= 0.6 is 24.0 Å². The predicted octanol–water partition coefficient (Wildman–Crippen LogP) is 3.89. The van der Waals surface area contributed by atoms with Gasteiger partial charge in [-0.2, -0.15) is 0 Å². The molecule has 156 valence electrons. The first kappa shape index (κ1) is 24.4. The highest BCUT2D eigenvalue weighted by Gasteiger charge is 2.05. The van der Waals surface area contributed by atoms with Gasteiger partial charge in [-0.25, -0.2) is 14.4 Å². The van der Waals surface area contributed by atoms with Crippen molar-refractivity contribution >= 4 is 29.9 Å². The highest BCUT2D eigenvalue weighted by molar-refractivity contribution is 14.0. The molecule has 0 amide bonds. The Morgan fingerprint density at radius 1 is 1.21 bits per heavy atom. The molecule has 0 spiro atoms. The average molecular weight is 503 g/mol. The largest absolute Gasteiger partial charge is 0.381 e. The molecule has 0 aliphatic rings. The molecular weight excluding hydrogens is 472 g/mol. The van der Waals surface area contributed by atoms with E-state index in [0.29, 0.717) is 12.2 Å². The summed E-state index contributed by atoms with van der Waals surface area (Å²) < 4.78 is 21.5. The summed E-state index contributed by atoms with van der Waals surface area (Å²) in [4.78, 5) is 8.48. The molecule has 0 bridgehead atoms. The molecule has 0 unspecified atom stereocenters. The van der Waals surface area contributed by atoms with Gasteiger partial charge in [0.2, 0.25) is 0 Å². The molecule has 1 aromatic carbocycles. The van der Waals surface area contributed by atoms with Crippen LogP contribution in [-0.4, -0.2) is 41.8 Å². The lowest BCUT2D eigenvalue weighted by Gasteiger charge is -2.12. The molecular formula is C20H31FIN5O. The topological polar surface area (TPSA) is 63.5 Å². The Bertz CT molecular complexity index is 694. The molecule has 0 saturated carbocycles. The fourth-order valence-corrected chi connectivity index (χ4v) is 2.50. The van der Waals surface area contributed by atoms with E-state index in [9.17, 15) is 4.39 Å². The third kappa shape index (κ3) is 8.55. The Morgan fingerprint density at radius 2 is 2.04 bits per heavy atom. The van der Waals surface area contributed by atoms with Crippen LogP contribution in [0.2, 0.25) is 0 Å². The number of unbranched alkanes of at least 4 members (excludes halogenated alkanes) is 1. The summed E-state index contributed by atoms with van der Waals surface area (Å²) in [6.45, 7) is 7.70. The number of guanidine groups is 1. The van der Waals surface area contributed by atoms with Crippen molar-refractivity contribution in [2.24, 2.45) is 4.99 Å². The van der Waals surface area contributed by atoms with Crippen LogP contribution in [-0.2, 0) is 11.3 Å². The molecule has 2 N–H and O–H groups in total. The fraction of sp³-hybridized carbons (Fsp3) is 0.500. The van der Waals surface area contributed by atoms with Crippen LogP contribution in [0.1, 0.15) is 38.7 Å². The lowest BCUT2D eigenvalue weighted by Crippen LogP contribution is -2.38. The molecule has 0 saturated heterocycles. The Morgan fingerprint density at radius 3 is 2.71 bits per heavy atom. The molecule has 1 aromatic heterocycles. The number of nitrogens with zero attached hydrogens (tertiary/aromatic N) is 3. The van der Waals surface area contributed by atoms with Crippen molar-refractivity contribution in [3.63, 3.8) is 0 Å². The molecule has 28 heavy (non-hydrogen) atoms. The molecule has 1 heterocycles. The summed E-state index contributed by atoms with van der Waals surface area (Å²) in [5.74, 6) is 0.438. The second-order valence-electron chi connectivity index (χ2n) is 6.20. The number of imidazole rings is 1. The van der Waals surface area contributed by atoms with E-state index in [2.05, 4.69) is 27.5 Å². The molecule has 0 atom stereocenters. The molecule has 6 nitrogen and oxygen atoms in total. The highest BCUT2D eigenvalue weighted by Crippen LogP contribution is 2.15. The van der Waals surface area contributed by atoms with Gasteiger partial charge >= 0.3 is 0 Å². The Hall–Kier alpha value is -1.68. The summed E-state index contributed by atoms with van der Waals surface area (Å²) in [5.41, 5.74) is 1.30. The second kappa shape index (κ2) is 14.3. The van der Waals surface area contributed by atoms with E-state index in [1.54, 1.807) is 29.4 Å². The van der Waals surface area contributed by atoms with E-state index in [0.717, 1.165) is 57.1 Å². The van der Waals surface area contributed by atoms with Gasteiger partial charge in [0.15, 0.2) is 5.96 Å². The van der Waals surface area contributed by atoms with Gasteiger partial charge in [-0.05, 0) is 37.5 Å². The Labute approximate surface area is 184 Å². The van der Waals surface area contributed by atoms with Gasteiger partial charge < -0.3 is 19.9 Å². The van der Waals surface area contributed by atoms with Crippen molar-refractivity contribution in [2.75, 3.05) is 26.3 Å². The highest BCUT2D eigenvalue weighted by atomic mass is 127. The van der Waals surface area contributed by atoms with E-state index >= 15 is 0 Å². The summed E-state index contributed by atoms with van der Waals surface area (Å²) in [6.07, 6.45) is 8.10. The number of ether oxygens (including phenoxy) is 1.